The Hall–Kier alpha value is -1.60. The molecule has 1 atom stereocenters. The molecule has 0 aliphatic carbocycles. The van der Waals surface area contributed by atoms with Crippen LogP contribution in [0.2, 0.25) is 5.02 Å². The highest BCUT2D eigenvalue weighted by atomic mass is 35.5. The van der Waals surface area contributed by atoms with Crippen molar-refractivity contribution >= 4 is 17.5 Å². The average Bonchev–Trinajstić information content (AvgIpc) is 2.31. The van der Waals surface area contributed by atoms with Crippen LogP contribution >= 0.6 is 11.6 Å². The van der Waals surface area contributed by atoms with Crippen LogP contribution in [-0.2, 0) is 0 Å². The fraction of sp³-hybridized carbons (Fsp3) is 0.333. The molecule has 90 valence electrons. The van der Waals surface area contributed by atoms with Gasteiger partial charge in [-0.1, -0.05) is 24.9 Å². The molecule has 0 spiro atoms. The first-order valence-corrected chi connectivity index (χ1v) is 5.61. The summed E-state index contributed by atoms with van der Waals surface area (Å²) in [7, 11) is 0. The zero-order valence-corrected chi connectivity index (χ0v) is 10.1. The largest absolute Gasteiger partial charge is 0.336 e. The molecule has 1 N–H and O–H groups in total. The number of rotatable bonds is 4. The van der Waals surface area contributed by atoms with Gasteiger partial charge in [-0.3, -0.25) is 4.79 Å². The Morgan fingerprint density at radius 3 is 2.88 bits per heavy atom. The van der Waals surface area contributed by atoms with Crippen molar-refractivity contribution in [3.8, 4) is 6.07 Å². The van der Waals surface area contributed by atoms with Crippen molar-refractivity contribution in [3.63, 3.8) is 0 Å². The maximum atomic E-state index is 13.1. The topological polar surface area (TPSA) is 52.9 Å². The highest BCUT2D eigenvalue weighted by molar-refractivity contribution is 6.30. The second kappa shape index (κ2) is 6.21. The quantitative estimate of drug-likeness (QED) is 0.898. The van der Waals surface area contributed by atoms with Gasteiger partial charge in [-0.2, -0.15) is 5.26 Å². The van der Waals surface area contributed by atoms with Crippen LogP contribution in [0.1, 0.15) is 30.1 Å². The van der Waals surface area contributed by atoms with Gasteiger partial charge in [0.1, 0.15) is 11.9 Å². The third-order valence-electron chi connectivity index (χ3n) is 2.22. The fourth-order valence-electron chi connectivity index (χ4n) is 1.34. The van der Waals surface area contributed by atoms with Crippen LogP contribution in [0.4, 0.5) is 4.39 Å². The van der Waals surface area contributed by atoms with Gasteiger partial charge in [0.15, 0.2) is 0 Å². The molecular formula is C12H12ClFN2O. The predicted molar refractivity (Wildman–Crippen MR) is 63.2 cm³/mol. The van der Waals surface area contributed by atoms with E-state index in [-0.39, 0.29) is 10.6 Å². The molecule has 1 amide bonds. The minimum Gasteiger partial charge on any atom is -0.336 e. The highest BCUT2D eigenvalue weighted by Crippen LogP contribution is 2.15. The molecule has 0 aromatic heterocycles. The minimum atomic E-state index is -0.650. The van der Waals surface area contributed by atoms with E-state index in [2.05, 4.69) is 5.32 Å². The lowest BCUT2D eigenvalue weighted by molar-refractivity contribution is 0.0943. The van der Waals surface area contributed by atoms with Crippen LogP contribution in [0.15, 0.2) is 18.2 Å². The smallest absolute Gasteiger partial charge is 0.252 e. The number of hydrogen-bond acceptors (Lipinski definition) is 2. The first-order valence-electron chi connectivity index (χ1n) is 5.24. The normalized spacial score (nSPS) is 11.6. The molecule has 0 radical (unpaired) electrons. The van der Waals surface area contributed by atoms with Crippen LogP contribution < -0.4 is 5.32 Å². The van der Waals surface area contributed by atoms with Gasteiger partial charge in [0, 0.05) is 5.56 Å². The first-order chi connectivity index (χ1) is 8.08. The van der Waals surface area contributed by atoms with E-state index in [1.807, 2.05) is 13.0 Å². The molecule has 1 aromatic rings. The van der Waals surface area contributed by atoms with E-state index in [0.29, 0.717) is 6.42 Å². The van der Waals surface area contributed by atoms with Gasteiger partial charge < -0.3 is 5.32 Å². The molecule has 0 bridgehead atoms. The summed E-state index contributed by atoms with van der Waals surface area (Å²) < 4.78 is 13.1. The summed E-state index contributed by atoms with van der Waals surface area (Å²) in [5.74, 6) is -1.12. The average molecular weight is 255 g/mol. The zero-order chi connectivity index (χ0) is 12.8. The number of amides is 1. The molecule has 0 aliphatic heterocycles. The molecule has 0 fully saturated rings. The standard InChI is InChI=1S/C12H12ClFN2O/c1-2-3-9(7-15)16-12(17)8-4-5-10(13)11(14)6-8/h4-6,9H,2-3H2,1H3,(H,16,17). The number of nitrogens with one attached hydrogen (secondary N) is 1. The molecule has 1 unspecified atom stereocenters. The second-order valence-corrected chi connectivity index (χ2v) is 3.98. The second-order valence-electron chi connectivity index (χ2n) is 3.57. The lowest BCUT2D eigenvalue weighted by Crippen LogP contribution is -2.33. The Balaban J connectivity index is 2.76. The van der Waals surface area contributed by atoms with Gasteiger partial charge in [-0.15, -0.1) is 0 Å². The third-order valence-corrected chi connectivity index (χ3v) is 2.53. The Labute approximate surface area is 104 Å². The molecule has 1 rings (SSSR count). The van der Waals surface area contributed by atoms with Crippen molar-refractivity contribution in [2.24, 2.45) is 0 Å². The van der Waals surface area contributed by atoms with Crippen LogP contribution in [0, 0.1) is 17.1 Å². The number of nitrogens with zero attached hydrogens (tertiary/aromatic N) is 1. The maximum absolute atomic E-state index is 13.1. The molecule has 5 heteroatoms. The summed E-state index contributed by atoms with van der Waals surface area (Å²) in [5, 5.41) is 11.3. The number of halogens is 2. The molecule has 1 aromatic carbocycles. The van der Waals surface area contributed by atoms with Crippen molar-refractivity contribution in [2.75, 3.05) is 0 Å². The van der Waals surface area contributed by atoms with Crippen LogP contribution in [-0.4, -0.2) is 11.9 Å². The summed E-state index contributed by atoms with van der Waals surface area (Å²) in [6, 6.07) is 5.21. The van der Waals surface area contributed by atoms with E-state index in [4.69, 9.17) is 16.9 Å². The van der Waals surface area contributed by atoms with E-state index in [1.54, 1.807) is 0 Å². The van der Waals surface area contributed by atoms with Gasteiger partial charge in [-0.25, -0.2) is 4.39 Å². The molecular weight excluding hydrogens is 243 g/mol. The zero-order valence-electron chi connectivity index (χ0n) is 9.34. The molecule has 0 saturated heterocycles. The monoisotopic (exact) mass is 254 g/mol. The summed E-state index contributed by atoms with van der Waals surface area (Å²) >= 11 is 5.51. The maximum Gasteiger partial charge on any atom is 0.252 e. The van der Waals surface area contributed by atoms with Gasteiger partial charge in [-0.05, 0) is 24.6 Å². The number of hydrogen-bond donors (Lipinski definition) is 1. The van der Waals surface area contributed by atoms with E-state index in [1.165, 1.54) is 12.1 Å². The minimum absolute atomic E-state index is 0.0352. The summed E-state index contributed by atoms with van der Waals surface area (Å²) in [5.41, 5.74) is 0.156. The van der Waals surface area contributed by atoms with Crippen molar-refractivity contribution < 1.29 is 9.18 Å². The Kier molecular flexibility index (Phi) is 4.92. The molecule has 17 heavy (non-hydrogen) atoms. The van der Waals surface area contributed by atoms with Gasteiger partial charge >= 0.3 is 0 Å². The first kappa shape index (κ1) is 13.5. The molecule has 0 aliphatic rings. The van der Waals surface area contributed by atoms with Crippen LogP contribution in [0.5, 0.6) is 0 Å². The Morgan fingerprint density at radius 2 is 2.35 bits per heavy atom. The lowest BCUT2D eigenvalue weighted by Gasteiger charge is -2.10. The van der Waals surface area contributed by atoms with Gasteiger partial charge in [0.2, 0.25) is 0 Å². The number of carbonyl (C=O) groups is 1. The summed E-state index contributed by atoms with van der Waals surface area (Å²) in [6.07, 6.45) is 1.35. The van der Waals surface area contributed by atoms with E-state index < -0.39 is 17.8 Å². The summed E-state index contributed by atoms with van der Waals surface area (Å²) in [4.78, 5) is 11.7. The lowest BCUT2D eigenvalue weighted by atomic mass is 10.1. The fourth-order valence-corrected chi connectivity index (χ4v) is 1.45. The van der Waals surface area contributed by atoms with E-state index in [9.17, 15) is 9.18 Å². The van der Waals surface area contributed by atoms with Crippen molar-refractivity contribution in [3.05, 3.63) is 34.6 Å². The van der Waals surface area contributed by atoms with E-state index >= 15 is 0 Å². The van der Waals surface area contributed by atoms with Crippen molar-refractivity contribution in [2.45, 2.75) is 25.8 Å². The van der Waals surface area contributed by atoms with Gasteiger partial charge in [0.25, 0.3) is 5.91 Å². The Bertz CT molecular complexity index is 456. The van der Waals surface area contributed by atoms with Crippen LogP contribution in [0.25, 0.3) is 0 Å². The van der Waals surface area contributed by atoms with Crippen molar-refractivity contribution in [1.82, 2.24) is 5.32 Å². The molecule has 3 nitrogen and oxygen atoms in total. The molecule has 0 saturated carbocycles. The number of carbonyl (C=O) groups excluding carboxylic acids is 1. The van der Waals surface area contributed by atoms with Gasteiger partial charge in [0.05, 0.1) is 11.1 Å². The van der Waals surface area contributed by atoms with E-state index in [0.717, 1.165) is 12.5 Å². The third kappa shape index (κ3) is 3.72. The Morgan fingerprint density at radius 1 is 1.65 bits per heavy atom. The van der Waals surface area contributed by atoms with Crippen molar-refractivity contribution in [1.29, 1.82) is 5.26 Å². The summed E-state index contributed by atoms with van der Waals surface area (Å²) in [6.45, 7) is 1.92. The molecule has 0 heterocycles. The SMILES string of the molecule is CCCC(C#N)NC(=O)c1ccc(Cl)c(F)c1. The predicted octanol–water partition coefficient (Wildman–Crippen LogP) is 2.90. The number of benzene rings is 1. The van der Waals surface area contributed by atoms with Crippen LogP contribution in [0.3, 0.4) is 0 Å². The number of nitriles is 1. The highest BCUT2D eigenvalue weighted by Gasteiger charge is 2.13.